The molecule has 0 N–H and O–H groups in total. The van der Waals surface area contributed by atoms with Gasteiger partial charge in [0, 0.05) is 18.0 Å². The van der Waals surface area contributed by atoms with Crippen LogP contribution in [-0.4, -0.2) is 30.5 Å². The van der Waals surface area contributed by atoms with Gasteiger partial charge >= 0.3 is 0 Å². The summed E-state index contributed by atoms with van der Waals surface area (Å²) in [5.41, 5.74) is 0.0459. The number of nitrogens with zero attached hydrogens (tertiary/aromatic N) is 1. The van der Waals surface area contributed by atoms with E-state index < -0.39 is 0 Å². The molecule has 0 saturated carbocycles. The van der Waals surface area contributed by atoms with Gasteiger partial charge in [0.15, 0.2) is 0 Å². The smallest absolute Gasteiger partial charge is 0.267 e. The van der Waals surface area contributed by atoms with Gasteiger partial charge in [0.25, 0.3) is 5.91 Å². The van der Waals surface area contributed by atoms with Crippen LogP contribution in [0.5, 0.6) is 5.75 Å². The molecule has 4 heteroatoms. The van der Waals surface area contributed by atoms with Gasteiger partial charge in [0.2, 0.25) is 0 Å². The molecule has 2 heterocycles. The summed E-state index contributed by atoms with van der Waals surface area (Å²) >= 11 is 1.59. The lowest BCUT2D eigenvalue weighted by Crippen LogP contribution is -2.38. The second-order valence-corrected chi connectivity index (χ2v) is 8.04. The number of carbonyl (C=O) groups excluding carboxylic acids is 1. The molecule has 0 aromatic carbocycles. The topological polar surface area (TPSA) is 29.5 Å². The zero-order chi connectivity index (χ0) is 15.6. The molecule has 1 amide bonds. The number of likely N-dealkylation sites (tertiary alicyclic amines) is 1. The van der Waals surface area contributed by atoms with E-state index >= 15 is 0 Å². The van der Waals surface area contributed by atoms with Crippen LogP contribution >= 0.6 is 11.3 Å². The molecule has 1 aliphatic rings. The van der Waals surface area contributed by atoms with Crippen molar-refractivity contribution >= 4 is 17.2 Å². The Bertz CT molecular complexity index is 501. The fraction of sp³-hybridized carbons (Fsp3) is 0.706. The van der Waals surface area contributed by atoms with Crippen molar-refractivity contribution < 1.29 is 9.53 Å². The molecule has 1 atom stereocenters. The van der Waals surface area contributed by atoms with Crippen LogP contribution in [0.15, 0.2) is 6.07 Å². The molecular weight excluding hydrogens is 282 g/mol. The molecule has 1 aliphatic heterocycles. The predicted molar refractivity (Wildman–Crippen MR) is 88.5 cm³/mol. The van der Waals surface area contributed by atoms with Crippen molar-refractivity contribution in [3.05, 3.63) is 15.8 Å². The Morgan fingerprint density at radius 2 is 2.19 bits per heavy atom. The van der Waals surface area contributed by atoms with Gasteiger partial charge in [-0.05, 0) is 37.2 Å². The lowest BCUT2D eigenvalue weighted by atomic mass is 9.95. The zero-order valence-corrected chi connectivity index (χ0v) is 14.7. The maximum atomic E-state index is 12.8. The Kier molecular flexibility index (Phi) is 4.97. The average Bonchev–Trinajstić information content (AvgIpc) is 2.82. The highest BCUT2D eigenvalue weighted by Crippen LogP contribution is 2.38. The highest BCUT2D eigenvalue weighted by Gasteiger charge is 2.28. The highest BCUT2D eigenvalue weighted by molar-refractivity contribution is 7.14. The Balaban J connectivity index is 2.28. The minimum atomic E-state index is 0.0459. The highest BCUT2D eigenvalue weighted by atomic mass is 32.1. The van der Waals surface area contributed by atoms with Crippen LogP contribution in [0.4, 0.5) is 0 Å². The second-order valence-electron chi connectivity index (χ2n) is 6.99. The Hall–Kier alpha value is -1.03. The van der Waals surface area contributed by atoms with E-state index in [9.17, 15) is 4.79 Å². The molecule has 118 valence electrons. The van der Waals surface area contributed by atoms with Crippen molar-refractivity contribution in [2.45, 2.75) is 52.9 Å². The maximum absolute atomic E-state index is 12.8. The summed E-state index contributed by atoms with van der Waals surface area (Å²) in [6.45, 7) is 13.0. The zero-order valence-electron chi connectivity index (χ0n) is 13.9. The van der Waals surface area contributed by atoms with E-state index in [2.05, 4.69) is 33.8 Å². The van der Waals surface area contributed by atoms with Gasteiger partial charge in [-0.2, -0.15) is 0 Å². The van der Waals surface area contributed by atoms with Crippen molar-refractivity contribution in [3.63, 3.8) is 0 Å². The summed E-state index contributed by atoms with van der Waals surface area (Å²) in [6, 6.07) is 2.05. The van der Waals surface area contributed by atoms with Gasteiger partial charge in [-0.3, -0.25) is 4.79 Å². The quantitative estimate of drug-likeness (QED) is 0.832. The molecule has 1 aromatic rings. The fourth-order valence-electron chi connectivity index (χ4n) is 2.67. The summed E-state index contributed by atoms with van der Waals surface area (Å²) in [4.78, 5) is 16.8. The van der Waals surface area contributed by atoms with Gasteiger partial charge in [-0.25, -0.2) is 0 Å². The van der Waals surface area contributed by atoms with Crippen LogP contribution in [-0.2, 0) is 5.41 Å². The van der Waals surface area contributed by atoms with E-state index in [1.807, 2.05) is 11.8 Å². The summed E-state index contributed by atoms with van der Waals surface area (Å²) in [6.07, 6.45) is 2.33. The standard InChI is InChI=1S/C17H27NO2S/c1-6-20-13-10-14(17(3,4)5)21-15(13)16(19)18-9-7-8-12(2)11-18/h10,12H,6-9,11H2,1-5H3/t12-/m1/s1. The molecule has 0 unspecified atom stereocenters. The van der Waals surface area contributed by atoms with E-state index in [1.165, 1.54) is 11.3 Å². The minimum absolute atomic E-state index is 0.0459. The lowest BCUT2D eigenvalue weighted by Gasteiger charge is -2.30. The minimum Gasteiger partial charge on any atom is -0.492 e. The van der Waals surface area contributed by atoms with Crippen molar-refractivity contribution in [1.29, 1.82) is 0 Å². The molecule has 1 aromatic heterocycles. The number of rotatable bonds is 3. The average molecular weight is 309 g/mol. The van der Waals surface area contributed by atoms with Crippen molar-refractivity contribution in [3.8, 4) is 5.75 Å². The third-order valence-electron chi connectivity index (χ3n) is 3.88. The Labute approximate surface area is 132 Å². The van der Waals surface area contributed by atoms with Crippen LogP contribution in [0.3, 0.4) is 0 Å². The van der Waals surface area contributed by atoms with Crippen molar-refractivity contribution in [2.75, 3.05) is 19.7 Å². The fourth-order valence-corrected chi connectivity index (χ4v) is 3.80. The van der Waals surface area contributed by atoms with Crippen molar-refractivity contribution in [2.24, 2.45) is 5.92 Å². The molecule has 21 heavy (non-hydrogen) atoms. The Morgan fingerprint density at radius 1 is 1.48 bits per heavy atom. The number of hydrogen-bond acceptors (Lipinski definition) is 3. The van der Waals surface area contributed by atoms with E-state index in [-0.39, 0.29) is 11.3 Å². The Morgan fingerprint density at radius 3 is 2.76 bits per heavy atom. The summed E-state index contributed by atoms with van der Waals surface area (Å²) in [5.74, 6) is 1.50. The van der Waals surface area contributed by atoms with Gasteiger partial charge in [-0.15, -0.1) is 11.3 Å². The first-order valence-corrected chi connectivity index (χ1v) is 8.71. The maximum Gasteiger partial charge on any atom is 0.267 e. The van der Waals surface area contributed by atoms with Gasteiger partial charge < -0.3 is 9.64 Å². The third kappa shape index (κ3) is 3.79. The molecule has 1 saturated heterocycles. The van der Waals surface area contributed by atoms with Crippen LogP contribution in [0, 0.1) is 5.92 Å². The summed E-state index contributed by atoms with van der Waals surface area (Å²) in [7, 11) is 0. The molecule has 1 fully saturated rings. The molecule has 2 rings (SSSR count). The molecule has 0 radical (unpaired) electrons. The lowest BCUT2D eigenvalue weighted by molar-refractivity contribution is 0.0684. The van der Waals surface area contributed by atoms with Crippen LogP contribution in [0.1, 0.15) is 62.0 Å². The van der Waals surface area contributed by atoms with Gasteiger partial charge in [0.05, 0.1) is 6.61 Å². The molecule has 0 bridgehead atoms. The summed E-state index contributed by atoms with van der Waals surface area (Å²) < 4.78 is 5.71. The van der Waals surface area contributed by atoms with Crippen LogP contribution in [0.2, 0.25) is 0 Å². The summed E-state index contributed by atoms with van der Waals surface area (Å²) in [5, 5.41) is 0. The predicted octanol–water partition coefficient (Wildman–Crippen LogP) is 4.32. The monoisotopic (exact) mass is 309 g/mol. The van der Waals surface area contributed by atoms with E-state index in [0.717, 1.165) is 30.1 Å². The first-order valence-electron chi connectivity index (χ1n) is 7.89. The SMILES string of the molecule is CCOc1cc(C(C)(C)C)sc1C(=O)N1CCC[C@@H](C)C1. The van der Waals surface area contributed by atoms with E-state index in [0.29, 0.717) is 12.5 Å². The number of hydrogen-bond donors (Lipinski definition) is 0. The number of piperidine rings is 1. The normalized spacial score (nSPS) is 19.7. The molecule has 0 aliphatic carbocycles. The number of thiophene rings is 1. The van der Waals surface area contributed by atoms with Gasteiger partial charge in [0.1, 0.15) is 10.6 Å². The second kappa shape index (κ2) is 6.39. The number of carbonyl (C=O) groups is 1. The molecule has 3 nitrogen and oxygen atoms in total. The molecule has 0 spiro atoms. The van der Waals surface area contributed by atoms with Crippen LogP contribution < -0.4 is 4.74 Å². The van der Waals surface area contributed by atoms with Crippen LogP contribution in [0.25, 0.3) is 0 Å². The van der Waals surface area contributed by atoms with E-state index in [4.69, 9.17) is 4.74 Å². The van der Waals surface area contributed by atoms with Crippen molar-refractivity contribution in [1.82, 2.24) is 4.90 Å². The first-order chi connectivity index (χ1) is 9.82. The number of amides is 1. The molecular formula is C17H27NO2S. The number of ether oxygens (including phenoxy) is 1. The first kappa shape index (κ1) is 16.3. The largest absolute Gasteiger partial charge is 0.492 e. The van der Waals surface area contributed by atoms with Gasteiger partial charge in [-0.1, -0.05) is 27.7 Å². The van der Waals surface area contributed by atoms with E-state index in [1.54, 1.807) is 11.3 Å². The third-order valence-corrected chi connectivity index (χ3v) is 5.41.